The van der Waals surface area contributed by atoms with E-state index in [2.05, 4.69) is 32.9 Å². The molecule has 0 heterocycles. The van der Waals surface area contributed by atoms with E-state index >= 15 is 0 Å². The Labute approximate surface area is 84.6 Å². The van der Waals surface area contributed by atoms with Crippen molar-refractivity contribution in [1.82, 2.24) is 0 Å². The largest absolute Gasteiger partial charge is 0.481 e. The van der Waals surface area contributed by atoms with Crippen molar-refractivity contribution in [2.45, 2.75) is 33.6 Å². The summed E-state index contributed by atoms with van der Waals surface area (Å²) in [7, 11) is 0. The third-order valence-electron chi connectivity index (χ3n) is 2.61. The highest BCUT2D eigenvalue weighted by atomic mass is 16.4. The Balaban J connectivity index is 2.84. The fraction of sp³-hybridized carbons (Fsp3) is 0.417. The standard InChI is InChI=1S/C12H16O2/c1-8-6-11(4-5-12(13)14)7-9(2)10(8)3/h6-7H,4-5H2,1-3H3,(H,13,14). The van der Waals surface area contributed by atoms with Crippen molar-refractivity contribution in [1.29, 1.82) is 0 Å². The van der Waals surface area contributed by atoms with E-state index in [0.29, 0.717) is 6.42 Å². The highest BCUT2D eigenvalue weighted by molar-refractivity contribution is 5.67. The van der Waals surface area contributed by atoms with Gasteiger partial charge in [-0.2, -0.15) is 0 Å². The molecule has 0 saturated heterocycles. The first-order chi connectivity index (χ1) is 6.50. The molecule has 0 bridgehead atoms. The Morgan fingerprint density at radius 2 is 1.71 bits per heavy atom. The van der Waals surface area contributed by atoms with E-state index in [0.717, 1.165) is 5.56 Å². The normalized spacial score (nSPS) is 10.2. The van der Waals surface area contributed by atoms with E-state index in [9.17, 15) is 4.79 Å². The lowest BCUT2D eigenvalue weighted by Crippen LogP contribution is -1.99. The summed E-state index contributed by atoms with van der Waals surface area (Å²) in [4.78, 5) is 10.4. The van der Waals surface area contributed by atoms with Crippen LogP contribution in [-0.4, -0.2) is 11.1 Å². The van der Waals surface area contributed by atoms with Gasteiger partial charge in [-0.25, -0.2) is 0 Å². The van der Waals surface area contributed by atoms with Gasteiger partial charge in [-0.15, -0.1) is 0 Å². The first-order valence-corrected chi connectivity index (χ1v) is 4.79. The number of carboxylic acid groups (broad SMARTS) is 1. The van der Waals surface area contributed by atoms with E-state index in [4.69, 9.17) is 5.11 Å². The topological polar surface area (TPSA) is 37.3 Å². The summed E-state index contributed by atoms with van der Waals surface area (Å²) in [5.74, 6) is -0.735. The Morgan fingerprint density at radius 3 is 2.14 bits per heavy atom. The van der Waals surface area contributed by atoms with Gasteiger partial charge in [0.05, 0.1) is 0 Å². The Morgan fingerprint density at radius 1 is 1.21 bits per heavy atom. The molecule has 0 atom stereocenters. The number of rotatable bonds is 3. The average molecular weight is 192 g/mol. The maximum Gasteiger partial charge on any atom is 0.303 e. The summed E-state index contributed by atoms with van der Waals surface area (Å²) < 4.78 is 0. The van der Waals surface area contributed by atoms with Crippen molar-refractivity contribution >= 4 is 5.97 Å². The number of carbonyl (C=O) groups is 1. The monoisotopic (exact) mass is 192 g/mol. The third kappa shape index (κ3) is 2.59. The van der Waals surface area contributed by atoms with Crippen LogP contribution in [0.2, 0.25) is 0 Å². The van der Waals surface area contributed by atoms with Gasteiger partial charge in [-0.3, -0.25) is 4.79 Å². The van der Waals surface area contributed by atoms with E-state index in [1.807, 2.05) is 0 Å². The van der Waals surface area contributed by atoms with Gasteiger partial charge in [-0.05, 0) is 49.4 Å². The van der Waals surface area contributed by atoms with Gasteiger partial charge in [0.2, 0.25) is 0 Å². The molecule has 0 aliphatic rings. The summed E-state index contributed by atoms with van der Waals surface area (Å²) in [5.41, 5.74) is 4.90. The maximum absolute atomic E-state index is 10.4. The molecule has 2 heteroatoms. The molecule has 0 aromatic heterocycles. The number of aryl methyl sites for hydroxylation is 3. The molecular weight excluding hydrogens is 176 g/mol. The van der Waals surface area contributed by atoms with Crippen LogP contribution in [0.5, 0.6) is 0 Å². The number of benzene rings is 1. The SMILES string of the molecule is Cc1cc(CCC(=O)O)cc(C)c1C. The molecule has 1 N–H and O–H groups in total. The molecule has 0 amide bonds. The van der Waals surface area contributed by atoms with Crippen LogP contribution in [0.15, 0.2) is 12.1 Å². The molecule has 0 unspecified atom stereocenters. The van der Waals surface area contributed by atoms with Crippen LogP contribution >= 0.6 is 0 Å². The van der Waals surface area contributed by atoms with Crippen molar-refractivity contribution in [2.24, 2.45) is 0 Å². The minimum atomic E-state index is -0.735. The summed E-state index contributed by atoms with van der Waals surface area (Å²) in [6.45, 7) is 6.21. The molecule has 14 heavy (non-hydrogen) atoms. The highest BCUT2D eigenvalue weighted by Gasteiger charge is 2.03. The fourth-order valence-corrected chi connectivity index (χ4v) is 1.52. The van der Waals surface area contributed by atoms with Gasteiger partial charge < -0.3 is 5.11 Å². The van der Waals surface area contributed by atoms with Gasteiger partial charge in [0.25, 0.3) is 0 Å². The van der Waals surface area contributed by atoms with Crippen molar-refractivity contribution in [3.8, 4) is 0 Å². The van der Waals surface area contributed by atoms with Crippen LogP contribution in [-0.2, 0) is 11.2 Å². The highest BCUT2D eigenvalue weighted by Crippen LogP contribution is 2.16. The predicted molar refractivity (Wildman–Crippen MR) is 56.6 cm³/mol. The van der Waals surface area contributed by atoms with E-state index in [-0.39, 0.29) is 6.42 Å². The molecule has 0 spiro atoms. The molecular formula is C12H16O2. The van der Waals surface area contributed by atoms with Crippen LogP contribution in [0, 0.1) is 20.8 Å². The van der Waals surface area contributed by atoms with Crippen molar-refractivity contribution in [2.75, 3.05) is 0 Å². The molecule has 76 valence electrons. The van der Waals surface area contributed by atoms with E-state index in [1.165, 1.54) is 16.7 Å². The van der Waals surface area contributed by atoms with Crippen LogP contribution in [0.4, 0.5) is 0 Å². The Bertz CT molecular complexity index is 330. The zero-order valence-electron chi connectivity index (χ0n) is 8.92. The smallest absolute Gasteiger partial charge is 0.303 e. The quantitative estimate of drug-likeness (QED) is 0.799. The Hall–Kier alpha value is -1.31. The number of hydrogen-bond acceptors (Lipinski definition) is 1. The second-order valence-electron chi connectivity index (χ2n) is 3.75. The average Bonchev–Trinajstić information content (AvgIpc) is 2.10. The third-order valence-corrected chi connectivity index (χ3v) is 2.61. The van der Waals surface area contributed by atoms with Crippen LogP contribution in [0.25, 0.3) is 0 Å². The zero-order valence-corrected chi connectivity index (χ0v) is 8.92. The molecule has 0 saturated carbocycles. The first-order valence-electron chi connectivity index (χ1n) is 4.79. The summed E-state index contributed by atoms with van der Waals surface area (Å²) in [6, 6.07) is 4.15. The molecule has 0 radical (unpaired) electrons. The molecule has 1 aromatic rings. The van der Waals surface area contributed by atoms with Gasteiger partial charge in [0.15, 0.2) is 0 Å². The first kappa shape index (κ1) is 10.8. The minimum absolute atomic E-state index is 0.210. The maximum atomic E-state index is 10.4. The van der Waals surface area contributed by atoms with Crippen molar-refractivity contribution < 1.29 is 9.90 Å². The fourth-order valence-electron chi connectivity index (χ4n) is 1.52. The predicted octanol–water partition coefficient (Wildman–Crippen LogP) is 2.63. The molecule has 1 rings (SSSR count). The van der Waals surface area contributed by atoms with Crippen LogP contribution < -0.4 is 0 Å². The molecule has 0 fully saturated rings. The van der Waals surface area contributed by atoms with Crippen molar-refractivity contribution in [3.05, 3.63) is 34.4 Å². The molecule has 0 aliphatic heterocycles. The lowest BCUT2D eigenvalue weighted by Gasteiger charge is -2.07. The summed E-state index contributed by atoms with van der Waals surface area (Å²) in [5, 5.41) is 8.57. The lowest BCUT2D eigenvalue weighted by molar-refractivity contribution is -0.136. The Kier molecular flexibility index (Phi) is 3.28. The van der Waals surface area contributed by atoms with Crippen molar-refractivity contribution in [3.63, 3.8) is 0 Å². The second-order valence-corrected chi connectivity index (χ2v) is 3.75. The number of hydrogen-bond donors (Lipinski definition) is 1. The number of carboxylic acids is 1. The van der Waals surface area contributed by atoms with E-state index < -0.39 is 5.97 Å². The summed E-state index contributed by atoms with van der Waals surface area (Å²) >= 11 is 0. The summed E-state index contributed by atoms with van der Waals surface area (Å²) in [6.07, 6.45) is 0.833. The molecule has 2 nitrogen and oxygen atoms in total. The van der Waals surface area contributed by atoms with Crippen LogP contribution in [0.1, 0.15) is 28.7 Å². The lowest BCUT2D eigenvalue weighted by atomic mass is 9.98. The van der Waals surface area contributed by atoms with Gasteiger partial charge in [-0.1, -0.05) is 12.1 Å². The molecule has 0 aliphatic carbocycles. The van der Waals surface area contributed by atoms with E-state index in [1.54, 1.807) is 0 Å². The second kappa shape index (κ2) is 4.27. The molecule has 1 aromatic carbocycles. The number of aliphatic carboxylic acids is 1. The van der Waals surface area contributed by atoms with Crippen LogP contribution in [0.3, 0.4) is 0 Å². The minimum Gasteiger partial charge on any atom is -0.481 e. The zero-order chi connectivity index (χ0) is 10.7. The van der Waals surface area contributed by atoms with Gasteiger partial charge in [0.1, 0.15) is 0 Å². The van der Waals surface area contributed by atoms with Gasteiger partial charge in [0, 0.05) is 6.42 Å². The van der Waals surface area contributed by atoms with Gasteiger partial charge >= 0.3 is 5.97 Å².